The molecular formula is C14H18N4O3. The van der Waals surface area contributed by atoms with Gasteiger partial charge in [-0.2, -0.15) is 4.98 Å². The third kappa shape index (κ3) is 4.09. The van der Waals surface area contributed by atoms with E-state index in [-0.39, 0.29) is 5.69 Å². The molecule has 0 aliphatic rings. The van der Waals surface area contributed by atoms with Crippen LogP contribution >= 0.6 is 0 Å². The van der Waals surface area contributed by atoms with Gasteiger partial charge in [0.1, 0.15) is 0 Å². The fourth-order valence-corrected chi connectivity index (χ4v) is 2.03. The van der Waals surface area contributed by atoms with Crippen LogP contribution in [-0.2, 0) is 6.42 Å². The van der Waals surface area contributed by atoms with Crippen LogP contribution in [0.15, 0.2) is 28.8 Å². The second-order valence-electron chi connectivity index (χ2n) is 5.04. The molecule has 1 unspecified atom stereocenters. The largest absolute Gasteiger partial charge is 0.339 e. The summed E-state index contributed by atoms with van der Waals surface area (Å²) >= 11 is 0. The van der Waals surface area contributed by atoms with Gasteiger partial charge in [-0.3, -0.25) is 10.1 Å². The number of nitro groups is 1. The molecule has 1 atom stereocenters. The van der Waals surface area contributed by atoms with Crippen molar-refractivity contribution in [2.45, 2.75) is 26.2 Å². The second-order valence-corrected chi connectivity index (χ2v) is 5.04. The zero-order valence-corrected chi connectivity index (χ0v) is 11.9. The maximum absolute atomic E-state index is 10.8. The Morgan fingerprint density at radius 1 is 1.43 bits per heavy atom. The third-order valence-corrected chi connectivity index (χ3v) is 3.29. The normalized spacial score (nSPS) is 12.3. The first-order valence-corrected chi connectivity index (χ1v) is 6.87. The van der Waals surface area contributed by atoms with Crippen LogP contribution in [0.2, 0.25) is 0 Å². The van der Waals surface area contributed by atoms with Gasteiger partial charge >= 0.3 is 0 Å². The summed E-state index contributed by atoms with van der Waals surface area (Å²) < 4.78 is 5.19. The van der Waals surface area contributed by atoms with Crippen molar-refractivity contribution in [1.29, 1.82) is 0 Å². The van der Waals surface area contributed by atoms with E-state index in [4.69, 9.17) is 10.3 Å². The molecule has 1 aromatic heterocycles. The molecule has 7 nitrogen and oxygen atoms in total. The van der Waals surface area contributed by atoms with Crippen LogP contribution in [0.3, 0.4) is 0 Å². The number of non-ortho nitro benzene ring substituents is 1. The highest BCUT2D eigenvalue weighted by Gasteiger charge is 2.13. The van der Waals surface area contributed by atoms with Gasteiger partial charge in [0.2, 0.25) is 11.7 Å². The van der Waals surface area contributed by atoms with Crippen molar-refractivity contribution in [2.24, 2.45) is 11.7 Å². The van der Waals surface area contributed by atoms with Gasteiger partial charge in [0, 0.05) is 24.1 Å². The smallest absolute Gasteiger partial charge is 0.270 e. The van der Waals surface area contributed by atoms with Gasteiger partial charge in [0.15, 0.2) is 0 Å². The number of nitro benzene ring substituents is 1. The lowest BCUT2D eigenvalue weighted by Gasteiger charge is -2.06. The molecule has 0 saturated heterocycles. The molecule has 0 bridgehead atoms. The standard InChI is InChI=1S/C14H18N4O3/c1-10(7-8-15)5-6-13-16-14(17-21-13)11-3-2-4-12(9-11)18(19)20/h2-4,9-10H,5-8,15H2,1H3. The van der Waals surface area contributed by atoms with E-state index in [1.165, 1.54) is 12.1 Å². The summed E-state index contributed by atoms with van der Waals surface area (Å²) in [4.78, 5) is 14.6. The Kier molecular flexibility index (Phi) is 4.99. The van der Waals surface area contributed by atoms with Crippen LogP contribution in [0.25, 0.3) is 11.4 Å². The fraction of sp³-hybridized carbons (Fsp3) is 0.429. The third-order valence-electron chi connectivity index (χ3n) is 3.29. The van der Waals surface area contributed by atoms with E-state index < -0.39 is 4.92 Å². The van der Waals surface area contributed by atoms with Gasteiger partial charge in [-0.05, 0) is 25.3 Å². The molecular weight excluding hydrogens is 272 g/mol. The van der Waals surface area contributed by atoms with Crippen molar-refractivity contribution in [1.82, 2.24) is 10.1 Å². The number of aryl methyl sites for hydroxylation is 1. The lowest BCUT2D eigenvalue weighted by atomic mass is 10.0. The summed E-state index contributed by atoms with van der Waals surface area (Å²) in [5.74, 6) is 1.42. The summed E-state index contributed by atoms with van der Waals surface area (Å²) in [6, 6.07) is 6.19. The molecule has 0 spiro atoms. The van der Waals surface area contributed by atoms with Gasteiger partial charge < -0.3 is 10.3 Å². The van der Waals surface area contributed by atoms with E-state index in [0.717, 1.165) is 12.8 Å². The summed E-state index contributed by atoms with van der Waals surface area (Å²) in [7, 11) is 0. The van der Waals surface area contributed by atoms with E-state index in [1.54, 1.807) is 12.1 Å². The molecule has 0 fully saturated rings. The first-order valence-electron chi connectivity index (χ1n) is 6.87. The Morgan fingerprint density at radius 3 is 2.95 bits per heavy atom. The summed E-state index contributed by atoms with van der Waals surface area (Å²) in [5.41, 5.74) is 6.10. The van der Waals surface area contributed by atoms with Crippen molar-refractivity contribution in [3.63, 3.8) is 0 Å². The summed E-state index contributed by atoms with van der Waals surface area (Å²) in [5, 5.41) is 14.6. The molecule has 1 heterocycles. The van der Waals surface area contributed by atoms with Crippen LogP contribution in [0, 0.1) is 16.0 Å². The Bertz CT molecular complexity index is 612. The Hall–Kier alpha value is -2.28. The van der Waals surface area contributed by atoms with Gasteiger partial charge in [-0.1, -0.05) is 24.2 Å². The molecule has 21 heavy (non-hydrogen) atoms. The first kappa shape index (κ1) is 15.1. The van der Waals surface area contributed by atoms with Crippen molar-refractivity contribution in [3.8, 4) is 11.4 Å². The minimum absolute atomic E-state index is 0.00965. The molecule has 2 N–H and O–H groups in total. The van der Waals surface area contributed by atoms with Gasteiger partial charge in [0.25, 0.3) is 5.69 Å². The molecule has 2 aromatic rings. The topological polar surface area (TPSA) is 108 Å². The van der Waals surface area contributed by atoms with Crippen molar-refractivity contribution in [2.75, 3.05) is 6.54 Å². The van der Waals surface area contributed by atoms with Crippen LogP contribution < -0.4 is 5.73 Å². The number of hydrogen-bond acceptors (Lipinski definition) is 6. The number of rotatable bonds is 7. The highest BCUT2D eigenvalue weighted by Crippen LogP contribution is 2.22. The number of aromatic nitrogens is 2. The van der Waals surface area contributed by atoms with Gasteiger partial charge in [-0.25, -0.2) is 0 Å². The summed E-state index contributed by atoms with van der Waals surface area (Å²) in [6.45, 7) is 2.80. The predicted molar refractivity (Wildman–Crippen MR) is 77.5 cm³/mol. The van der Waals surface area contributed by atoms with Crippen LogP contribution in [0.1, 0.15) is 25.7 Å². The maximum Gasteiger partial charge on any atom is 0.270 e. The zero-order chi connectivity index (χ0) is 15.2. The number of nitrogens with zero attached hydrogens (tertiary/aromatic N) is 3. The highest BCUT2D eigenvalue weighted by molar-refractivity contribution is 5.58. The molecule has 2 rings (SSSR count). The maximum atomic E-state index is 10.8. The van der Waals surface area contributed by atoms with Crippen LogP contribution in [0.5, 0.6) is 0 Å². The van der Waals surface area contributed by atoms with E-state index >= 15 is 0 Å². The summed E-state index contributed by atoms with van der Waals surface area (Å²) in [6.07, 6.45) is 2.57. The lowest BCUT2D eigenvalue weighted by molar-refractivity contribution is -0.384. The molecule has 0 aliphatic heterocycles. The van der Waals surface area contributed by atoms with Crippen molar-refractivity contribution < 1.29 is 9.45 Å². The van der Waals surface area contributed by atoms with E-state index in [0.29, 0.717) is 36.2 Å². The number of hydrogen-bond donors (Lipinski definition) is 1. The fourth-order valence-electron chi connectivity index (χ4n) is 2.03. The van der Waals surface area contributed by atoms with Crippen molar-refractivity contribution in [3.05, 3.63) is 40.3 Å². The average molecular weight is 290 g/mol. The molecule has 0 saturated carbocycles. The van der Waals surface area contributed by atoms with Crippen LogP contribution in [0.4, 0.5) is 5.69 Å². The van der Waals surface area contributed by atoms with E-state index in [2.05, 4.69) is 17.1 Å². The minimum Gasteiger partial charge on any atom is -0.339 e. The van der Waals surface area contributed by atoms with E-state index in [1.807, 2.05) is 0 Å². The van der Waals surface area contributed by atoms with Gasteiger partial charge in [0.05, 0.1) is 4.92 Å². The zero-order valence-electron chi connectivity index (χ0n) is 11.9. The highest BCUT2D eigenvalue weighted by atomic mass is 16.6. The quantitative estimate of drug-likeness (QED) is 0.620. The molecule has 112 valence electrons. The van der Waals surface area contributed by atoms with E-state index in [9.17, 15) is 10.1 Å². The first-order chi connectivity index (χ1) is 10.1. The Morgan fingerprint density at radius 2 is 2.24 bits per heavy atom. The lowest BCUT2D eigenvalue weighted by Crippen LogP contribution is -2.06. The Labute approximate surface area is 122 Å². The molecule has 0 radical (unpaired) electrons. The van der Waals surface area contributed by atoms with Crippen molar-refractivity contribution >= 4 is 5.69 Å². The second kappa shape index (κ2) is 6.94. The molecule has 0 aliphatic carbocycles. The molecule has 0 amide bonds. The Balaban J connectivity index is 2.06. The average Bonchev–Trinajstić information content (AvgIpc) is 2.94. The number of nitrogens with two attached hydrogens (primary N) is 1. The monoisotopic (exact) mass is 290 g/mol. The number of benzene rings is 1. The minimum atomic E-state index is -0.445. The molecule has 7 heteroatoms. The van der Waals surface area contributed by atoms with Crippen LogP contribution in [-0.4, -0.2) is 21.6 Å². The predicted octanol–water partition coefficient (Wildman–Crippen LogP) is 2.56. The molecule has 1 aromatic carbocycles. The SMILES string of the molecule is CC(CCN)CCc1nc(-c2cccc([N+](=O)[O-])c2)no1. The van der Waals surface area contributed by atoms with Gasteiger partial charge in [-0.15, -0.1) is 0 Å².